The highest BCUT2D eigenvalue weighted by molar-refractivity contribution is 7.17. The summed E-state index contributed by atoms with van der Waals surface area (Å²) >= 11 is 1.62. The number of fused-ring (bicyclic) bond motifs is 2. The zero-order chi connectivity index (χ0) is 27.6. The summed E-state index contributed by atoms with van der Waals surface area (Å²) in [6, 6.07) is 21.4. The first-order valence-electron chi connectivity index (χ1n) is 13.4. The Bertz CT molecular complexity index is 1420. The fourth-order valence-electron chi connectivity index (χ4n) is 4.86. The molecule has 1 heterocycles. The Balaban J connectivity index is 1.54. The van der Waals surface area contributed by atoms with Crippen LogP contribution >= 0.6 is 11.3 Å². The molecule has 0 radical (unpaired) electrons. The van der Waals surface area contributed by atoms with Gasteiger partial charge in [-0.1, -0.05) is 67.6 Å². The second kappa shape index (κ2) is 13.9. The lowest BCUT2D eigenvalue weighted by Gasteiger charge is -2.25. The molecule has 0 saturated carbocycles. The van der Waals surface area contributed by atoms with Gasteiger partial charge in [-0.25, -0.2) is 0 Å². The first-order chi connectivity index (χ1) is 19.0. The van der Waals surface area contributed by atoms with Gasteiger partial charge in [-0.3, -0.25) is 14.4 Å². The molecule has 39 heavy (non-hydrogen) atoms. The summed E-state index contributed by atoms with van der Waals surface area (Å²) in [7, 11) is 1.86. The molecular weight excluding hydrogens is 508 g/mol. The number of amides is 3. The Morgan fingerprint density at radius 3 is 2.46 bits per heavy atom. The van der Waals surface area contributed by atoms with Crippen molar-refractivity contribution in [2.45, 2.75) is 44.8 Å². The van der Waals surface area contributed by atoms with E-state index in [-0.39, 0.29) is 17.7 Å². The summed E-state index contributed by atoms with van der Waals surface area (Å²) in [5.74, 6) is -0.669. The molecule has 0 fully saturated rings. The van der Waals surface area contributed by atoms with E-state index in [4.69, 9.17) is 0 Å². The van der Waals surface area contributed by atoms with E-state index in [1.54, 1.807) is 11.3 Å². The highest BCUT2D eigenvalue weighted by atomic mass is 32.1. The number of rotatable bonds is 14. The first-order valence-corrected chi connectivity index (χ1v) is 14.3. The lowest BCUT2D eigenvalue weighted by atomic mass is 9.99. The Morgan fingerprint density at radius 1 is 0.923 bits per heavy atom. The van der Waals surface area contributed by atoms with Crippen LogP contribution in [0.25, 0.3) is 20.9 Å². The molecule has 4 rings (SSSR count). The summed E-state index contributed by atoms with van der Waals surface area (Å²) in [5.41, 5.74) is 1.99. The van der Waals surface area contributed by atoms with Gasteiger partial charge in [-0.15, -0.1) is 11.3 Å². The van der Waals surface area contributed by atoms with E-state index in [0.29, 0.717) is 32.1 Å². The van der Waals surface area contributed by atoms with Crippen molar-refractivity contribution in [3.8, 4) is 0 Å². The standard InChI is InChI=1S/C31H36N4O3S/c1-3-22(14-15-32-2)30(37)34-27(18-25-19-39-28-11-7-6-10-26(25)28)31(38)35-29(33-20-36)17-21-12-13-23-8-4-5-9-24(23)16-21/h4-13,16,19-20,22,27,29,32H,3,14-15,17-18H2,1-2H3,(H,33,36)(H,34,37)(H,35,38)/t22?,27?,29-/m1/s1. The van der Waals surface area contributed by atoms with Crippen LogP contribution in [0.5, 0.6) is 0 Å². The van der Waals surface area contributed by atoms with Crippen LogP contribution in [0.4, 0.5) is 0 Å². The Kier molecular flexibility index (Phi) is 10.1. The van der Waals surface area contributed by atoms with Crippen molar-refractivity contribution in [2.75, 3.05) is 13.6 Å². The summed E-state index contributed by atoms with van der Waals surface area (Å²) < 4.78 is 1.13. The molecule has 0 aliphatic heterocycles. The van der Waals surface area contributed by atoms with E-state index in [0.717, 1.165) is 38.5 Å². The maximum absolute atomic E-state index is 13.7. The number of thiophene rings is 1. The van der Waals surface area contributed by atoms with Gasteiger partial charge in [0, 0.05) is 23.5 Å². The van der Waals surface area contributed by atoms with Crippen LogP contribution in [0.15, 0.2) is 72.1 Å². The Hall–Kier alpha value is -3.75. The molecule has 3 aromatic carbocycles. The highest BCUT2D eigenvalue weighted by Gasteiger charge is 2.27. The summed E-state index contributed by atoms with van der Waals surface area (Å²) in [6.45, 7) is 2.70. The van der Waals surface area contributed by atoms with Crippen molar-refractivity contribution in [2.24, 2.45) is 5.92 Å². The van der Waals surface area contributed by atoms with Crippen LogP contribution in [0.3, 0.4) is 0 Å². The van der Waals surface area contributed by atoms with E-state index >= 15 is 0 Å². The van der Waals surface area contributed by atoms with Crippen molar-refractivity contribution in [1.29, 1.82) is 0 Å². The maximum atomic E-state index is 13.7. The Labute approximate surface area is 233 Å². The number of nitrogens with one attached hydrogen (secondary N) is 4. The van der Waals surface area contributed by atoms with Gasteiger partial charge in [0.25, 0.3) is 0 Å². The van der Waals surface area contributed by atoms with E-state index in [2.05, 4.69) is 33.4 Å². The summed E-state index contributed by atoms with van der Waals surface area (Å²) in [4.78, 5) is 38.3. The van der Waals surface area contributed by atoms with Crippen molar-refractivity contribution in [3.63, 3.8) is 0 Å². The van der Waals surface area contributed by atoms with Crippen LogP contribution in [-0.2, 0) is 27.2 Å². The molecular formula is C31H36N4O3S. The number of benzene rings is 3. The monoisotopic (exact) mass is 544 g/mol. The molecule has 0 aliphatic rings. The van der Waals surface area contributed by atoms with Crippen molar-refractivity contribution >= 4 is 50.4 Å². The molecule has 2 unspecified atom stereocenters. The maximum Gasteiger partial charge on any atom is 0.244 e. The molecule has 4 N–H and O–H groups in total. The number of hydrogen-bond acceptors (Lipinski definition) is 5. The molecule has 0 saturated heterocycles. The Morgan fingerprint density at radius 2 is 1.69 bits per heavy atom. The normalized spacial score (nSPS) is 13.5. The zero-order valence-corrected chi connectivity index (χ0v) is 23.2. The van der Waals surface area contributed by atoms with Crippen LogP contribution in [0, 0.1) is 5.92 Å². The van der Waals surface area contributed by atoms with Crippen molar-refractivity contribution < 1.29 is 14.4 Å². The van der Waals surface area contributed by atoms with Gasteiger partial charge < -0.3 is 21.3 Å². The second-order valence-corrected chi connectivity index (χ2v) is 10.7. The minimum absolute atomic E-state index is 0.137. The van der Waals surface area contributed by atoms with Crippen molar-refractivity contribution in [3.05, 3.63) is 83.2 Å². The number of hydrogen-bond donors (Lipinski definition) is 4. The van der Waals surface area contributed by atoms with Gasteiger partial charge in [0.2, 0.25) is 18.2 Å². The molecule has 3 amide bonds. The summed E-state index contributed by atoms with van der Waals surface area (Å²) in [5, 5.41) is 17.2. The lowest BCUT2D eigenvalue weighted by Crippen LogP contribution is -2.55. The molecule has 8 heteroatoms. The largest absolute Gasteiger partial charge is 0.344 e. The van der Waals surface area contributed by atoms with E-state index in [1.165, 1.54) is 0 Å². The smallest absolute Gasteiger partial charge is 0.244 e. The van der Waals surface area contributed by atoms with Crippen LogP contribution < -0.4 is 21.3 Å². The molecule has 1 aromatic heterocycles. The average Bonchev–Trinajstić information content (AvgIpc) is 3.36. The highest BCUT2D eigenvalue weighted by Crippen LogP contribution is 2.27. The molecule has 3 atom stereocenters. The van der Waals surface area contributed by atoms with Crippen LogP contribution in [0.1, 0.15) is 30.9 Å². The predicted octanol–water partition coefficient (Wildman–Crippen LogP) is 4.15. The number of carbonyl (C=O) groups is 3. The predicted molar refractivity (Wildman–Crippen MR) is 159 cm³/mol. The topological polar surface area (TPSA) is 99.3 Å². The molecule has 0 aliphatic carbocycles. The van der Waals surface area contributed by atoms with Gasteiger partial charge in [0.1, 0.15) is 12.2 Å². The van der Waals surface area contributed by atoms with Gasteiger partial charge in [0.05, 0.1) is 0 Å². The average molecular weight is 545 g/mol. The minimum Gasteiger partial charge on any atom is -0.344 e. The number of carbonyl (C=O) groups excluding carboxylic acids is 3. The lowest BCUT2D eigenvalue weighted by molar-refractivity contribution is -0.131. The van der Waals surface area contributed by atoms with Crippen molar-refractivity contribution in [1.82, 2.24) is 21.3 Å². The molecule has 4 aromatic rings. The van der Waals surface area contributed by atoms with Crippen LogP contribution in [0.2, 0.25) is 0 Å². The van der Waals surface area contributed by atoms with Gasteiger partial charge in [-0.2, -0.15) is 0 Å². The van der Waals surface area contributed by atoms with E-state index in [9.17, 15) is 14.4 Å². The fourth-order valence-corrected chi connectivity index (χ4v) is 5.83. The van der Waals surface area contributed by atoms with Gasteiger partial charge in [0.15, 0.2) is 0 Å². The molecule has 7 nitrogen and oxygen atoms in total. The minimum atomic E-state index is -0.785. The third-order valence-electron chi connectivity index (χ3n) is 7.06. The summed E-state index contributed by atoms with van der Waals surface area (Å²) in [6.07, 6.45) is 2.11. The quantitative estimate of drug-likeness (QED) is 0.142. The van der Waals surface area contributed by atoms with Gasteiger partial charge in [-0.05, 0) is 65.2 Å². The van der Waals surface area contributed by atoms with Crippen LogP contribution in [-0.4, -0.2) is 44.0 Å². The van der Waals surface area contributed by atoms with E-state index < -0.39 is 12.2 Å². The fraction of sp³-hybridized carbons (Fsp3) is 0.323. The third-order valence-corrected chi connectivity index (χ3v) is 8.08. The second-order valence-electron chi connectivity index (χ2n) is 9.75. The van der Waals surface area contributed by atoms with Gasteiger partial charge >= 0.3 is 0 Å². The molecule has 204 valence electrons. The zero-order valence-electron chi connectivity index (χ0n) is 22.4. The SMILES string of the molecule is CCC(CCNC)C(=O)NC(Cc1csc2ccccc12)C(=O)N[C@H](Cc1ccc2ccccc2c1)NC=O. The molecule has 0 spiro atoms. The first kappa shape index (κ1) is 28.3. The van der Waals surface area contributed by atoms with E-state index in [1.807, 2.05) is 73.9 Å². The molecule has 0 bridgehead atoms. The third kappa shape index (κ3) is 7.43.